The lowest BCUT2D eigenvalue weighted by atomic mass is 10.2. The van der Waals surface area contributed by atoms with Gasteiger partial charge >= 0.3 is 0 Å². The molecule has 0 aliphatic rings. The van der Waals surface area contributed by atoms with E-state index in [2.05, 4.69) is 30.8 Å². The fourth-order valence-corrected chi connectivity index (χ4v) is 3.18. The fraction of sp³-hybridized carbons (Fsp3) is 0.0556. The van der Waals surface area contributed by atoms with E-state index in [4.69, 9.17) is 5.14 Å². The van der Waals surface area contributed by atoms with Crippen molar-refractivity contribution in [2.24, 2.45) is 5.14 Å². The summed E-state index contributed by atoms with van der Waals surface area (Å²) in [6, 6.07) is 16.0. The van der Waals surface area contributed by atoms with Crippen molar-refractivity contribution in [1.29, 1.82) is 0 Å². The fourth-order valence-electron chi connectivity index (χ4n) is 2.66. The highest BCUT2D eigenvalue weighted by molar-refractivity contribution is 7.89. The Morgan fingerprint density at radius 2 is 1.75 bits per heavy atom. The van der Waals surface area contributed by atoms with Crippen LogP contribution in [-0.4, -0.2) is 28.6 Å². The lowest BCUT2D eigenvalue weighted by Crippen LogP contribution is -2.11. The first kappa shape index (κ1) is 17.9. The number of hydrogen-bond acceptors (Lipinski definition) is 7. The van der Waals surface area contributed by atoms with Crippen LogP contribution in [0.15, 0.2) is 65.7 Å². The van der Waals surface area contributed by atoms with Gasteiger partial charge in [-0.05, 0) is 29.8 Å². The first-order chi connectivity index (χ1) is 13.5. The molecule has 10 heteroatoms. The molecule has 0 atom stereocenters. The van der Waals surface area contributed by atoms with Crippen molar-refractivity contribution in [3.8, 4) is 0 Å². The number of rotatable bonds is 6. The number of benzene rings is 2. The molecular formula is C18H17N7O2S. The molecule has 4 aromatic rings. The minimum absolute atomic E-state index is 0.0354. The molecule has 9 nitrogen and oxygen atoms in total. The zero-order valence-electron chi connectivity index (χ0n) is 14.6. The highest BCUT2D eigenvalue weighted by Crippen LogP contribution is 2.23. The third kappa shape index (κ3) is 3.92. The zero-order valence-corrected chi connectivity index (χ0v) is 15.4. The monoisotopic (exact) mass is 395 g/mol. The summed E-state index contributed by atoms with van der Waals surface area (Å²) < 4.78 is 22.7. The van der Waals surface area contributed by atoms with E-state index in [1.54, 1.807) is 18.3 Å². The summed E-state index contributed by atoms with van der Waals surface area (Å²) in [5.41, 5.74) is 2.32. The Bertz CT molecular complexity index is 1210. The Labute approximate surface area is 161 Å². The zero-order chi connectivity index (χ0) is 19.6. The molecule has 142 valence electrons. The Morgan fingerprint density at radius 1 is 1.00 bits per heavy atom. The van der Waals surface area contributed by atoms with E-state index in [0.29, 0.717) is 29.6 Å². The smallest absolute Gasteiger partial charge is 0.238 e. The number of primary sulfonamides is 1. The van der Waals surface area contributed by atoms with Gasteiger partial charge in [0.1, 0.15) is 5.82 Å². The molecule has 0 bridgehead atoms. The first-order valence-electron chi connectivity index (χ1n) is 8.38. The van der Waals surface area contributed by atoms with Crippen LogP contribution in [0.1, 0.15) is 5.56 Å². The third-order valence-electron chi connectivity index (χ3n) is 4.05. The summed E-state index contributed by atoms with van der Waals surface area (Å²) in [6.07, 6.45) is 1.66. The van der Waals surface area contributed by atoms with Gasteiger partial charge in [0.15, 0.2) is 5.65 Å². The van der Waals surface area contributed by atoms with Crippen molar-refractivity contribution in [2.75, 3.05) is 10.6 Å². The van der Waals surface area contributed by atoms with Crippen LogP contribution in [0, 0.1) is 0 Å². The van der Waals surface area contributed by atoms with Crippen molar-refractivity contribution < 1.29 is 8.42 Å². The van der Waals surface area contributed by atoms with E-state index < -0.39 is 10.0 Å². The molecule has 0 radical (unpaired) electrons. The second kappa shape index (κ2) is 7.25. The maximum Gasteiger partial charge on any atom is 0.238 e. The van der Waals surface area contributed by atoms with Crippen LogP contribution in [0.3, 0.4) is 0 Å². The average molecular weight is 395 g/mol. The second-order valence-electron chi connectivity index (χ2n) is 6.06. The summed E-state index contributed by atoms with van der Waals surface area (Å²) in [4.78, 5) is 8.95. The summed E-state index contributed by atoms with van der Waals surface area (Å²) in [5.74, 6) is 0.974. The van der Waals surface area contributed by atoms with Crippen LogP contribution < -0.4 is 15.8 Å². The second-order valence-corrected chi connectivity index (χ2v) is 7.62. The summed E-state index contributed by atoms with van der Waals surface area (Å²) >= 11 is 0. The molecule has 0 spiro atoms. The van der Waals surface area contributed by atoms with Gasteiger partial charge in [0, 0.05) is 12.2 Å². The van der Waals surface area contributed by atoms with E-state index in [1.165, 1.54) is 12.1 Å². The number of sulfonamides is 1. The van der Waals surface area contributed by atoms with E-state index >= 15 is 0 Å². The molecule has 0 amide bonds. The number of aromatic nitrogens is 4. The molecule has 0 saturated carbocycles. The van der Waals surface area contributed by atoms with Crippen LogP contribution in [0.5, 0.6) is 0 Å². The van der Waals surface area contributed by atoms with E-state index in [-0.39, 0.29) is 4.90 Å². The number of nitrogens with two attached hydrogens (primary N) is 1. The van der Waals surface area contributed by atoms with E-state index in [0.717, 1.165) is 10.9 Å². The van der Waals surface area contributed by atoms with Crippen molar-refractivity contribution in [3.63, 3.8) is 0 Å². The van der Waals surface area contributed by atoms with Crippen LogP contribution >= 0.6 is 0 Å². The lowest BCUT2D eigenvalue weighted by molar-refractivity contribution is 0.598. The number of fused-ring (bicyclic) bond motifs is 1. The van der Waals surface area contributed by atoms with Crippen LogP contribution in [0.25, 0.3) is 11.0 Å². The molecule has 2 aromatic carbocycles. The van der Waals surface area contributed by atoms with Gasteiger partial charge in [0.25, 0.3) is 0 Å². The van der Waals surface area contributed by atoms with E-state index in [9.17, 15) is 8.42 Å². The van der Waals surface area contributed by atoms with Crippen molar-refractivity contribution >= 4 is 38.5 Å². The summed E-state index contributed by atoms with van der Waals surface area (Å²) in [7, 11) is -3.74. The molecule has 0 unspecified atom stereocenters. The van der Waals surface area contributed by atoms with Gasteiger partial charge in [0.05, 0.1) is 16.5 Å². The molecule has 0 aliphatic carbocycles. The molecule has 5 N–H and O–H groups in total. The standard InChI is InChI=1S/C18H17N7O2S/c19-28(26,27)14-8-6-13(7-9-14)22-18-23-16(15-11-21-25-17(15)24-18)20-10-12-4-2-1-3-5-12/h1-9,11H,10H2,(H2,19,26,27)(H3,20,21,22,23,24,25). The summed E-state index contributed by atoms with van der Waals surface area (Å²) in [5, 5.41) is 19.1. The molecule has 28 heavy (non-hydrogen) atoms. The Kier molecular flexibility index (Phi) is 4.63. The highest BCUT2D eigenvalue weighted by atomic mass is 32.2. The van der Waals surface area contributed by atoms with E-state index in [1.807, 2.05) is 30.3 Å². The highest BCUT2D eigenvalue weighted by Gasteiger charge is 2.11. The number of anilines is 3. The van der Waals surface area contributed by atoms with Gasteiger partial charge in [-0.25, -0.2) is 13.6 Å². The van der Waals surface area contributed by atoms with Gasteiger partial charge in [-0.15, -0.1) is 0 Å². The molecule has 2 heterocycles. The molecule has 2 aromatic heterocycles. The van der Waals surface area contributed by atoms with Crippen LogP contribution in [-0.2, 0) is 16.6 Å². The number of aromatic amines is 1. The third-order valence-corrected chi connectivity index (χ3v) is 4.98. The summed E-state index contributed by atoms with van der Waals surface area (Å²) in [6.45, 7) is 0.598. The van der Waals surface area contributed by atoms with Crippen molar-refractivity contribution in [2.45, 2.75) is 11.4 Å². The Balaban J connectivity index is 1.59. The number of nitrogens with zero attached hydrogens (tertiary/aromatic N) is 3. The minimum atomic E-state index is -3.74. The van der Waals surface area contributed by atoms with Crippen LogP contribution in [0.2, 0.25) is 0 Å². The normalized spacial score (nSPS) is 11.5. The molecule has 0 fully saturated rings. The number of H-pyrrole nitrogens is 1. The first-order valence-corrected chi connectivity index (χ1v) is 9.92. The Hall–Kier alpha value is -3.50. The topological polar surface area (TPSA) is 139 Å². The largest absolute Gasteiger partial charge is 0.365 e. The maximum absolute atomic E-state index is 11.4. The van der Waals surface area contributed by atoms with Gasteiger partial charge in [-0.1, -0.05) is 30.3 Å². The average Bonchev–Trinajstić information content (AvgIpc) is 3.15. The lowest BCUT2D eigenvalue weighted by Gasteiger charge is -2.10. The van der Waals surface area contributed by atoms with Crippen molar-refractivity contribution in [1.82, 2.24) is 20.2 Å². The molecule has 4 rings (SSSR count). The molecular weight excluding hydrogens is 378 g/mol. The van der Waals surface area contributed by atoms with Gasteiger partial charge in [-0.2, -0.15) is 15.1 Å². The molecule has 0 aliphatic heterocycles. The predicted molar refractivity (Wildman–Crippen MR) is 107 cm³/mol. The van der Waals surface area contributed by atoms with Crippen molar-refractivity contribution in [3.05, 3.63) is 66.4 Å². The van der Waals surface area contributed by atoms with Gasteiger partial charge < -0.3 is 10.6 Å². The number of hydrogen-bond donors (Lipinski definition) is 4. The molecule has 0 saturated heterocycles. The SMILES string of the molecule is NS(=O)(=O)c1ccc(Nc2nc(NCc3ccccc3)c3cn[nH]c3n2)cc1. The number of nitrogens with one attached hydrogen (secondary N) is 3. The predicted octanol–water partition coefficient (Wildman–Crippen LogP) is 2.36. The van der Waals surface area contributed by atoms with Gasteiger partial charge in [0.2, 0.25) is 16.0 Å². The quantitative estimate of drug-likeness (QED) is 0.393. The van der Waals surface area contributed by atoms with Crippen LogP contribution in [0.4, 0.5) is 17.5 Å². The van der Waals surface area contributed by atoms with Gasteiger partial charge in [-0.3, -0.25) is 5.10 Å². The minimum Gasteiger partial charge on any atom is -0.365 e. The maximum atomic E-state index is 11.4. The Morgan fingerprint density at radius 3 is 2.46 bits per heavy atom.